The number of carbonyl (C=O) groups is 1. The van der Waals surface area contributed by atoms with Gasteiger partial charge in [0.05, 0.1) is 5.75 Å². The largest absolute Gasteiger partial charge is 0.378 e. The van der Waals surface area contributed by atoms with Crippen LogP contribution in [-0.2, 0) is 18.4 Å². The molecule has 2 aromatic heterocycles. The molecule has 3 aromatic rings. The number of hydrogen-bond donors (Lipinski definition) is 0. The van der Waals surface area contributed by atoms with E-state index in [2.05, 4.69) is 44.3 Å². The fourth-order valence-electron chi connectivity index (χ4n) is 2.69. The SMILES string of the molecule is CN(Cc1ccc(N(C)C)cc1)C(=O)CSc1nnc(-c2ccncc2)n1C. The van der Waals surface area contributed by atoms with Gasteiger partial charge >= 0.3 is 0 Å². The van der Waals surface area contributed by atoms with E-state index in [0.29, 0.717) is 17.5 Å². The van der Waals surface area contributed by atoms with Crippen molar-refractivity contribution in [2.75, 3.05) is 31.8 Å². The van der Waals surface area contributed by atoms with E-state index < -0.39 is 0 Å². The average molecular weight is 397 g/mol. The maximum atomic E-state index is 12.5. The lowest BCUT2D eigenvalue weighted by Crippen LogP contribution is -2.27. The van der Waals surface area contributed by atoms with Gasteiger partial charge in [-0.05, 0) is 29.8 Å². The van der Waals surface area contributed by atoms with E-state index in [-0.39, 0.29) is 5.91 Å². The molecule has 0 atom stereocenters. The van der Waals surface area contributed by atoms with Gasteiger partial charge in [-0.2, -0.15) is 0 Å². The average Bonchev–Trinajstić information content (AvgIpc) is 3.07. The van der Waals surface area contributed by atoms with Crippen molar-refractivity contribution in [3.63, 3.8) is 0 Å². The van der Waals surface area contributed by atoms with E-state index in [1.807, 2.05) is 44.9 Å². The normalized spacial score (nSPS) is 10.7. The van der Waals surface area contributed by atoms with Crippen molar-refractivity contribution in [3.05, 3.63) is 54.4 Å². The number of pyridine rings is 1. The number of thioether (sulfide) groups is 1. The van der Waals surface area contributed by atoms with Gasteiger partial charge in [0.15, 0.2) is 11.0 Å². The van der Waals surface area contributed by atoms with Gasteiger partial charge in [-0.25, -0.2) is 0 Å². The third kappa shape index (κ3) is 4.69. The van der Waals surface area contributed by atoms with Gasteiger partial charge in [0, 0.05) is 58.4 Å². The Morgan fingerprint density at radius 2 is 1.71 bits per heavy atom. The monoisotopic (exact) mass is 396 g/mol. The highest BCUT2D eigenvalue weighted by atomic mass is 32.2. The molecule has 0 saturated carbocycles. The third-order valence-corrected chi connectivity index (χ3v) is 5.40. The molecular formula is C20H24N6OS. The lowest BCUT2D eigenvalue weighted by molar-refractivity contribution is -0.127. The summed E-state index contributed by atoms with van der Waals surface area (Å²) < 4.78 is 1.90. The van der Waals surface area contributed by atoms with Crippen LogP contribution in [0.15, 0.2) is 53.9 Å². The second-order valence-corrected chi connectivity index (χ2v) is 7.64. The Morgan fingerprint density at radius 3 is 2.36 bits per heavy atom. The molecule has 0 saturated heterocycles. The lowest BCUT2D eigenvalue weighted by Gasteiger charge is -2.18. The Hall–Kier alpha value is -2.87. The van der Waals surface area contributed by atoms with Crippen molar-refractivity contribution in [3.8, 4) is 11.4 Å². The molecule has 28 heavy (non-hydrogen) atoms. The maximum Gasteiger partial charge on any atom is 0.233 e. The summed E-state index contributed by atoms with van der Waals surface area (Å²) in [5, 5.41) is 9.16. The first-order valence-corrected chi connectivity index (χ1v) is 9.87. The second-order valence-electron chi connectivity index (χ2n) is 6.70. The zero-order valence-corrected chi connectivity index (χ0v) is 17.3. The lowest BCUT2D eigenvalue weighted by atomic mass is 10.2. The summed E-state index contributed by atoms with van der Waals surface area (Å²) >= 11 is 1.39. The first-order chi connectivity index (χ1) is 13.5. The molecule has 0 N–H and O–H groups in total. The van der Waals surface area contributed by atoms with Gasteiger partial charge in [-0.15, -0.1) is 10.2 Å². The maximum absolute atomic E-state index is 12.5. The summed E-state index contributed by atoms with van der Waals surface area (Å²) in [6.45, 7) is 0.578. The Labute approximate surface area is 169 Å². The molecule has 0 radical (unpaired) electrons. The number of benzene rings is 1. The van der Waals surface area contributed by atoms with Crippen LogP contribution in [0, 0.1) is 0 Å². The summed E-state index contributed by atoms with van der Waals surface area (Å²) in [5.74, 6) is 1.12. The number of amides is 1. The van der Waals surface area contributed by atoms with Crippen LogP contribution in [0.2, 0.25) is 0 Å². The minimum Gasteiger partial charge on any atom is -0.378 e. The van der Waals surface area contributed by atoms with E-state index in [1.54, 1.807) is 17.3 Å². The first-order valence-electron chi connectivity index (χ1n) is 8.88. The smallest absolute Gasteiger partial charge is 0.233 e. The fraction of sp³-hybridized carbons (Fsp3) is 0.300. The number of carbonyl (C=O) groups excluding carboxylic acids is 1. The van der Waals surface area contributed by atoms with Crippen molar-refractivity contribution >= 4 is 23.4 Å². The summed E-state index contributed by atoms with van der Waals surface area (Å²) in [6.07, 6.45) is 3.45. The van der Waals surface area contributed by atoms with Crippen molar-refractivity contribution in [2.45, 2.75) is 11.7 Å². The Balaban J connectivity index is 1.57. The molecule has 3 rings (SSSR count). The molecule has 0 bridgehead atoms. The highest BCUT2D eigenvalue weighted by molar-refractivity contribution is 7.99. The number of nitrogens with zero attached hydrogens (tertiary/aromatic N) is 6. The van der Waals surface area contributed by atoms with E-state index >= 15 is 0 Å². The van der Waals surface area contributed by atoms with E-state index in [9.17, 15) is 4.79 Å². The molecule has 0 fully saturated rings. The van der Waals surface area contributed by atoms with Crippen LogP contribution in [-0.4, -0.2) is 57.5 Å². The van der Waals surface area contributed by atoms with E-state index in [0.717, 1.165) is 22.6 Å². The Kier molecular flexibility index (Phi) is 6.30. The Bertz CT molecular complexity index is 924. The minimum atomic E-state index is 0.0511. The molecule has 8 heteroatoms. The summed E-state index contributed by atoms with van der Waals surface area (Å²) in [4.78, 5) is 20.3. The van der Waals surface area contributed by atoms with E-state index in [1.165, 1.54) is 11.8 Å². The zero-order chi connectivity index (χ0) is 20.1. The zero-order valence-electron chi connectivity index (χ0n) is 16.5. The van der Waals surface area contributed by atoms with Crippen LogP contribution in [0.5, 0.6) is 0 Å². The van der Waals surface area contributed by atoms with E-state index in [4.69, 9.17) is 0 Å². The van der Waals surface area contributed by atoms with Crippen molar-refractivity contribution in [1.82, 2.24) is 24.6 Å². The molecule has 0 aliphatic carbocycles. The molecule has 0 unspecified atom stereocenters. The number of hydrogen-bond acceptors (Lipinski definition) is 6. The minimum absolute atomic E-state index is 0.0511. The number of anilines is 1. The van der Waals surface area contributed by atoms with Crippen LogP contribution >= 0.6 is 11.8 Å². The van der Waals surface area contributed by atoms with Gasteiger partial charge in [-0.1, -0.05) is 23.9 Å². The van der Waals surface area contributed by atoms with Crippen LogP contribution in [0.4, 0.5) is 5.69 Å². The quantitative estimate of drug-likeness (QED) is 0.572. The molecule has 146 valence electrons. The van der Waals surface area contributed by atoms with Crippen LogP contribution in [0.1, 0.15) is 5.56 Å². The van der Waals surface area contributed by atoms with Gasteiger partial charge in [0.25, 0.3) is 0 Å². The van der Waals surface area contributed by atoms with Gasteiger partial charge in [0.1, 0.15) is 0 Å². The fourth-order valence-corrected chi connectivity index (χ4v) is 3.54. The standard InChI is InChI=1S/C20H24N6OS/c1-24(2)17-7-5-15(6-8-17)13-25(3)18(27)14-28-20-23-22-19(26(20)4)16-9-11-21-12-10-16/h5-12H,13-14H2,1-4H3. The van der Waals surface area contributed by atoms with Crippen molar-refractivity contribution in [1.29, 1.82) is 0 Å². The Morgan fingerprint density at radius 1 is 1.04 bits per heavy atom. The van der Waals surface area contributed by atoms with Gasteiger partial charge < -0.3 is 14.4 Å². The number of aromatic nitrogens is 4. The van der Waals surface area contributed by atoms with Crippen LogP contribution in [0.25, 0.3) is 11.4 Å². The predicted octanol–water partition coefficient (Wildman–Crippen LogP) is 2.69. The molecular weight excluding hydrogens is 372 g/mol. The summed E-state index contributed by atoms with van der Waals surface area (Å²) in [7, 11) is 7.74. The highest BCUT2D eigenvalue weighted by Crippen LogP contribution is 2.22. The summed E-state index contributed by atoms with van der Waals surface area (Å²) in [5.41, 5.74) is 3.19. The van der Waals surface area contributed by atoms with Gasteiger partial charge in [0.2, 0.25) is 5.91 Å². The molecule has 1 amide bonds. The van der Waals surface area contributed by atoms with Crippen molar-refractivity contribution < 1.29 is 4.79 Å². The molecule has 0 aliphatic rings. The third-order valence-electron chi connectivity index (χ3n) is 4.40. The molecule has 0 aliphatic heterocycles. The predicted molar refractivity (Wildman–Crippen MR) is 112 cm³/mol. The molecule has 0 spiro atoms. The van der Waals surface area contributed by atoms with Gasteiger partial charge in [-0.3, -0.25) is 9.78 Å². The topological polar surface area (TPSA) is 67.2 Å². The second kappa shape index (κ2) is 8.88. The highest BCUT2D eigenvalue weighted by Gasteiger charge is 2.15. The number of rotatable bonds is 7. The molecule has 1 aromatic carbocycles. The molecule has 7 nitrogen and oxygen atoms in total. The molecule has 2 heterocycles. The van der Waals surface area contributed by atoms with Crippen molar-refractivity contribution in [2.24, 2.45) is 7.05 Å². The summed E-state index contributed by atoms with van der Waals surface area (Å²) in [6, 6.07) is 12.0. The van der Waals surface area contributed by atoms with Crippen LogP contribution < -0.4 is 4.90 Å². The first kappa shape index (κ1) is 19.9. The van der Waals surface area contributed by atoms with Crippen LogP contribution in [0.3, 0.4) is 0 Å².